The molecular weight excluding hydrogens is 172 g/mol. The molecule has 0 aromatic rings. The highest BCUT2D eigenvalue weighted by atomic mass is 16.5. The Morgan fingerprint density at radius 3 is 2.92 bits per heavy atom. The van der Waals surface area contributed by atoms with E-state index in [2.05, 4.69) is 15.4 Å². The molecule has 1 aliphatic rings. The van der Waals surface area contributed by atoms with E-state index in [0.717, 1.165) is 19.5 Å². The van der Waals surface area contributed by atoms with Crippen molar-refractivity contribution in [2.45, 2.75) is 6.42 Å². The molecule has 74 valence electrons. The first-order valence-electron chi connectivity index (χ1n) is 4.31. The number of methoxy groups -OCH3 is 1. The number of ether oxygens (including phenoxy) is 1. The van der Waals surface area contributed by atoms with E-state index in [1.165, 1.54) is 7.11 Å². The van der Waals surface area contributed by atoms with Gasteiger partial charge in [-0.3, -0.25) is 4.79 Å². The number of esters is 1. The summed E-state index contributed by atoms with van der Waals surface area (Å²) in [6.07, 6.45) is 1.04. The molecule has 5 heteroatoms. The van der Waals surface area contributed by atoms with Crippen LogP contribution in [-0.2, 0) is 14.3 Å². The van der Waals surface area contributed by atoms with E-state index in [0.29, 0.717) is 12.5 Å². The van der Waals surface area contributed by atoms with Crippen LogP contribution in [0.5, 0.6) is 0 Å². The maximum absolute atomic E-state index is 10.9. The van der Waals surface area contributed by atoms with Crippen LogP contribution in [0.3, 0.4) is 0 Å². The Labute approximate surface area is 76.8 Å². The molecule has 1 heterocycles. The van der Waals surface area contributed by atoms with E-state index >= 15 is 0 Å². The summed E-state index contributed by atoms with van der Waals surface area (Å²) in [4.78, 5) is 21.6. The van der Waals surface area contributed by atoms with Crippen molar-refractivity contribution < 1.29 is 14.3 Å². The van der Waals surface area contributed by atoms with E-state index in [1.807, 2.05) is 0 Å². The standard InChI is InChI=1S/C8H14N2O3/c1-13-8(12)7(11)10-5-6-2-3-9-4-6/h6,9H,2-5H2,1H3,(H,10,11). The van der Waals surface area contributed by atoms with E-state index < -0.39 is 11.9 Å². The van der Waals surface area contributed by atoms with Crippen molar-refractivity contribution >= 4 is 11.9 Å². The molecule has 1 saturated heterocycles. The third-order valence-electron chi connectivity index (χ3n) is 2.08. The van der Waals surface area contributed by atoms with Crippen molar-refractivity contribution in [2.24, 2.45) is 5.92 Å². The third kappa shape index (κ3) is 3.02. The molecule has 1 fully saturated rings. The number of nitrogens with one attached hydrogen (secondary N) is 2. The second kappa shape index (κ2) is 4.81. The summed E-state index contributed by atoms with van der Waals surface area (Å²) >= 11 is 0. The summed E-state index contributed by atoms with van der Waals surface area (Å²) in [7, 11) is 1.19. The van der Waals surface area contributed by atoms with Gasteiger partial charge in [0.1, 0.15) is 0 Å². The van der Waals surface area contributed by atoms with Crippen LogP contribution < -0.4 is 10.6 Å². The lowest BCUT2D eigenvalue weighted by molar-refractivity contribution is -0.152. The van der Waals surface area contributed by atoms with Crippen molar-refractivity contribution in [1.82, 2.24) is 10.6 Å². The van der Waals surface area contributed by atoms with Crippen LogP contribution in [0, 0.1) is 5.92 Å². The van der Waals surface area contributed by atoms with E-state index in [-0.39, 0.29) is 0 Å². The zero-order chi connectivity index (χ0) is 9.68. The van der Waals surface area contributed by atoms with Gasteiger partial charge in [-0.25, -0.2) is 4.79 Å². The van der Waals surface area contributed by atoms with Crippen molar-refractivity contribution in [3.05, 3.63) is 0 Å². The average Bonchev–Trinajstić information content (AvgIpc) is 2.65. The predicted octanol–water partition coefficient (Wildman–Crippen LogP) is -1.11. The van der Waals surface area contributed by atoms with E-state index in [9.17, 15) is 9.59 Å². The van der Waals surface area contributed by atoms with E-state index in [4.69, 9.17) is 0 Å². The Kier molecular flexibility index (Phi) is 3.70. The molecule has 1 amide bonds. The van der Waals surface area contributed by atoms with Crippen LogP contribution in [0.1, 0.15) is 6.42 Å². The minimum atomic E-state index is -0.828. The summed E-state index contributed by atoms with van der Waals surface area (Å²) in [6, 6.07) is 0. The van der Waals surface area contributed by atoms with Crippen LogP contribution in [0.4, 0.5) is 0 Å². The van der Waals surface area contributed by atoms with Crippen LogP contribution >= 0.6 is 0 Å². The molecule has 1 aliphatic heterocycles. The van der Waals surface area contributed by atoms with Crippen molar-refractivity contribution in [1.29, 1.82) is 0 Å². The van der Waals surface area contributed by atoms with Gasteiger partial charge >= 0.3 is 11.9 Å². The first-order chi connectivity index (χ1) is 6.24. The Hall–Kier alpha value is -1.10. The van der Waals surface area contributed by atoms with Gasteiger partial charge in [-0.2, -0.15) is 0 Å². The molecule has 0 saturated carbocycles. The largest absolute Gasteiger partial charge is 0.462 e. The molecule has 0 bridgehead atoms. The van der Waals surface area contributed by atoms with E-state index in [1.54, 1.807) is 0 Å². The monoisotopic (exact) mass is 186 g/mol. The summed E-state index contributed by atoms with van der Waals surface area (Å²) < 4.78 is 4.26. The van der Waals surface area contributed by atoms with Crippen LogP contribution in [-0.4, -0.2) is 38.6 Å². The summed E-state index contributed by atoms with van der Waals surface area (Å²) in [5, 5.41) is 5.69. The van der Waals surface area contributed by atoms with Crippen molar-refractivity contribution in [3.63, 3.8) is 0 Å². The van der Waals surface area contributed by atoms with Gasteiger partial charge in [0.2, 0.25) is 0 Å². The zero-order valence-electron chi connectivity index (χ0n) is 7.63. The van der Waals surface area contributed by atoms with Crippen LogP contribution in [0.25, 0.3) is 0 Å². The lowest BCUT2D eigenvalue weighted by atomic mass is 10.1. The van der Waals surface area contributed by atoms with Gasteiger partial charge in [-0.05, 0) is 25.4 Å². The molecule has 0 radical (unpaired) electrons. The Morgan fingerprint density at radius 1 is 1.62 bits per heavy atom. The normalized spacial score (nSPS) is 21.2. The topological polar surface area (TPSA) is 67.4 Å². The lowest BCUT2D eigenvalue weighted by Crippen LogP contribution is -2.35. The fourth-order valence-corrected chi connectivity index (χ4v) is 1.29. The highest BCUT2D eigenvalue weighted by Crippen LogP contribution is 2.04. The van der Waals surface area contributed by atoms with Crippen LogP contribution in [0.2, 0.25) is 0 Å². The fourth-order valence-electron chi connectivity index (χ4n) is 1.29. The smallest absolute Gasteiger partial charge is 0.396 e. The lowest BCUT2D eigenvalue weighted by Gasteiger charge is -2.08. The molecule has 5 nitrogen and oxygen atoms in total. The molecule has 0 spiro atoms. The van der Waals surface area contributed by atoms with Gasteiger partial charge < -0.3 is 15.4 Å². The molecule has 0 aliphatic carbocycles. The van der Waals surface area contributed by atoms with Crippen molar-refractivity contribution in [2.75, 3.05) is 26.7 Å². The molecule has 1 rings (SSSR count). The second-order valence-electron chi connectivity index (χ2n) is 3.06. The first-order valence-corrected chi connectivity index (χ1v) is 4.31. The predicted molar refractivity (Wildman–Crippen MR) is 46.0 cm³/mol. The quantitative estimate of drug-likeness (QED) is 0.423. The molecule has 2 N–H and O–H groups in total. The minimum Gasteiger partial charge on any atom is -0.462 e. The van der Waals surface area contributed by atoms with Gasteiger partial charge in [0.25, 0.3) is 0 Å². The summed E-state index contributed by atoms with van der Waals surface area (Å²) in [6.45, 7) is 2.43. The minimum absolute atomic E-state index is 0.439. The number of carbonyl (C=O) groups is 2. The fraction of sp³-hybridized carbons (Fsp3) is 0.750. The number of hydrogen-bond acceptors (Lipinski definition) is 4. The molecule has 1 atom stereocenters. The SMILES string of the molecule is COC(=O)C(=O)NCC1CCNC1. The van der Waals surface area contributed by atoms with Gasteiger partial charge in [-0.15, -0.1) is 0 Å². The summed E-state index contributed by atoms with van der Waals surface area (Å²) in [5.41, 5.74) is 0. The van der Waals surface area contributed by atoms with Crippen molar-refractivity contribution in [3.8, 4) is 0 Å². The Morgan fingerprint density at radius 2 is 2.38 bits per heavy atom. The molecule has 13 heavy (non-hydrogen) atoms. The maximum Gasteiger partial charge on any atom is 0.396 e. The number of hydrogen-bond donors (Lipinski definition) is 2. The molecule has 0 aromatic heterocycles. The third-order valence-corrected chi connectivity index (χ3v) is 2.08. The Bertz CT molecular complexity index is 200. The number of amides is 1. The zero-order valence-corrected chi connectivity index (χ0v) is 7.63. The highest BCUT2D eigenvalue weighted by molar-refractivity contribution is 6.32. The highest BCUT2D eigenvalue weighted by Gasteiger charge is 2.18. The average molecular weight is 186 g/mol. The van der Waals surface area contributed by atoms with Crippen LogP contribution in [0.15, 0.2) is 0 Å². The number of carbonyl (C=O) groups excluding carboxylic acids is 2. The number of rotatable bonds is 2. The second-order valence-corrected chi connectivity index (χ2v) is 3.06. The Balaban J connectivity index is 2.17. The van der Waals surface area contributed by atoms with Gasteiger partial charge in [0.05, 0.1) is 7.11 Å². The summed E-state index contributed by atoms with van der Waals surface area (Å²) in [5.74, 6) is -1.05. The molecular formula is C8H14N2O3. The maximum atomic E-state index is 10.9. The first kappa shape index (κ1) is 9.98. The van der Waals surface area contributed by atoms with Gasteiger partial charge in [0, 0.05) is 6.54 Å². The molecule has 0 aromatic carbocycles. The molecule has 1 unspecified atom stereocenters. The van der Waals surface area contributed by atoms with Gasteiger partial charge in [-0.1, -0.05) is 0 Å². The van der Waals surface area contributed by atoms with Gasteiger partial charge in [0.15, 0.2) is 0 Å².